The van der Waals surface area contributed by atoms with Crippen LogP contribution in [0.2, 0.25) is 0 Å². The fraction of sp³-hybridized carbons (Fsp3) is 1.00. The summed E-state index contributed by atoms with van der Waals surface area (Å²) >= 11 is 4.17. The molecule has 2 N–H and O–H groups in total. The molecule has 0 radical (unpaired) electrons. The zero-order valence-electron chi connectivity index (χ0n) is 34.1. The van der Waals surface area contributed by atoms with Crippen LogP contribution >= 0.6 is 23.5 Å². The first-order chi connectivity index (χ1) is 23.0. The van der Waals surface area contributed by atoms with E-state index in [4.69, 9.17) is 14.2 Å². The minimum absolute atomic E-state index is 0.889. The van der Waals surface area contributed by atoms with Crippen LogP contribution in [0.25, 0.3) is 0 Å². The molecule has 0 spiro atoms. The van der Waals surface area contributed by atoms with Gasteiger partial charge in [-0.2, -0.15) is 23.5 Å². The van der Waals surface area contributed by atoms with Gasteiger partial charge < -0.3 is 24.8 Å². The van der Waals surface area contributed by atoms with E-state index >= 15 is 0 Å². The zero-order chi connectivity index (χ0) is 36.0. The molecule has 5 nitrogen and oxygen atoms in total. The Balaban J connectivity index is -0.0000000980. The second-order valence-electron chi connectivity index (χ2n) is 9.16. The van der Waals surface area contributed by atoms with Gasteiger partial charge in [0.25, 0.3) is 0 Å². The van der Waals surface area contributed by atoms with Crippen LogP contribution in [-0.2, 0) is 14.2 Å². The SMILES string of the molecule is C1CCNCC1.C1CCOC1.C1CCOCC1.C1CCSC1.C1CCSCC1.C1COCCN1.CC.CC.CC.CC.CC.CC. The average molecular weight is 701 g/mol. The van der Waals surface area contributed by atoms with Crippen molar-refractivity contribution in [2.75, 3.05) is 88.8 Å². The highest BCUT2D eigenvalue weighted by atomic mass is 32.2. The van der Waals surface area contributed by atoms with Crippen molar-refractivity contribution in [2.45, 2.75) is 167 Å². The van der Waals surface area contributed by atoms with Crippen LogP contribution < -0.4 is 10.6 Å². The molecule has 0 atom stereocenters. The molecule has 7 heteroatoms. The molecule has 0 aromatic heterocycles. The van der Waals surface area contributed by atoms with E-state index in [1.807, 2.05) is 83.1 Å². The Bertz CT molecular complexity index is 242. The van der Waals surface area contributed by atoms with Gasteiger partial charge in [-0.05, 0) is 107 Å². The lowest BCUT2D eigenvalue weighted by molar-refractivity contribution is 0.0968. The molecule has 0 saturated carbocycles. The maximum atomic E-state index is 5.07. The van der Waals surface area contributed by atoms with E-state index in [2.05, 4.69) is 34.2 Å². The summed E-state index contributed by atoms with van der Waals surface area (Å²) in [5.41, 5.74) is 0. The Morgan fingerprint density at radius 3 is 0.674 bits per heavy atom. The minimum atomic E-state index is 0.889. The molecule has 6 aliphatic rings. The molecule has 6 aliphatic heterocycles. The molecular weight excluding hydrogens is 609 g/mol. The third-order valence-corrected chi connectivity index (χ3v) is 8.17. The van der Waals surface area contributed by atoms with Gasteiger partial charge in [0.1, 0.15) is 0 Å². The summed E-state index contributed by atoms with van der Waals surface area (Å²) in [5.74, 6) is 5.67. The van der Waals surface area contributed by atoms with Gasteiger partial charge in [0.2, 0.25) is 0 Å². The molecule has 6 heterocycles. The molecule has 46 heavy (non-hydrogen) atoms. The Morgan fingerprint density at radius 1 is 0.283 bits per heavy atom. The van der Waals surface area contributed by atoms with Crippen LogP contribution in [0.3, 0.4) is 0 Å². The van der Waals surface area contributed by atoms with Crippen molar-refractivity contribution in [3.8, 4) is 0 Å². The fourth-order valence-corrected chi connectivity index (χ4v) is 5.75. The summed E-state index contributed by atoms with van der Waals surface area (Å²) in [6, 6.07) is 0. The highest BCUT2D eigenvalue weighted by Gasteiger charge is 1.97. The van der Waals surface area contributed by atoms with Gasteiger partial charge in [-0.15, -0.1) is 0 Å². The van der Waals surface area contributed by atoms with Crippen LogP contribution in [0, 0.1) is 0 Å². The molecule has 0 aromatic carbocycles. The number of nitrogens with one attached hydrogen (secondary N) is 2. The van der Waals surface area contributed by atoms with E-state index in [9.17, 15) is 0 Å². The predicted molar refractivity (Wildman–Crippen MR) is 221 cm³/mol. The molecule has 6 saturated heterocycles. The van der Waals surface area contributed by atoms with E-state index in [1.54, 1.807) is 0 Å². The quantitative estimate of drug-likeness (QED) is 0.261. The largest absolute Gasteiger partial charge is 0.381 e. The fourth-order valence-electron chi connectivity index (χ4n) is 3.71. The molecular formula is C39H92N2O3S2. The van der Waals surface area contributed by atoms with Crippen molar-refractivity contribution in [1.82, 2.24) is 10.6 Å². The smallest absolute Gasteiger partial charge is 0.0591 e. The molecule has 0 unspecified atom stereocenters. The molecule has 6 fully saturated rings. The Kier molecular flexibility index (Phi) is 96.6. The number of hydrogen-bond acceptors (Lipinski definition) is 7. The van der Waals surface area contributed by atoms with E-state index in [0.29, 0.717) is 0 Å². The number of rotatable bonds is 0. The van der Waals surface area contributed by atoms with Crippen molar-refractivity contribution < 1.29 is 14.2 Å². The molecule has 6 rings (SSSR count). The lowest BCUT2D eigenvalue weighted by atomic mass is 10.2. The van der Waals surface area contributed by atoms with Gasteiger partial charge in [-0.1, -0.05) is 95.9 Å². The van der Waals surface area contributed by atoms with Crippen LogP contribution in [0.15, 0.2) is 0 Å². The first-order valence-electron chi connectivity index (χ1n) is 20.3. The van der Waals surface area contributed by atoms with Crippen molar-refractivity contribution in [2.24, 2.45) is 0 Å². The minimum Gasteiger partial charge on any atom is -0.381 e. The zero-order valence-corrected chi connectivity index (χ0v) is 35.8. The molecule has 0 amide bonds. The summed E-state index contributed by atoms with van der Waals surface area (Å²) in [6.45, 7) is 34.3. The van der Waals surface area contributed by atoms with E-state index in [-0.39, 0.29) is 0 Å². The van der Waals surface area contributed by atoms with Crippen molar-refractivity contribution in [1.29, 1.82) is 0 Å². The highest BCUT2D eigenvalue weighted by molar-refractivity contribution is 7.99. The van der Waals surface area contributed by atoms with Gasteiger partial charge in [0.15, 0.2) is 0 Å². The maximum Gasteiger partial charge on any atom is 0.0591 e. The number of hydrogen-bond donors (Lipinski definition) is 2. The highest BCUT2D eigenvalue weighted by Crippen LogP contribution is 2.15. The predicted octanol–water partition coefficient (Wildman–Crippen LogP) is 11.9. The maximum absolute atomic E-state index is 5.07. The number of morpholine rings is 1. The van der Waals surface area contributed by atoms with Gasteiger partial charge >= 0.3 is 0 Å². The first-order valence-corrected chi connectivity index (χ1v) is 22.6. The van der Waals surface area contributed by atoms with Gasteiger partial charge in [-0.3, -0.25) is 0 Å². The van der Waals surface area contributed by atoms with Crippen molar-refractivity contribution >= 4 is 23.5 Å². The van der Waals surface area contributed by atoms with Crippen LogP contribution in [0.4, 0.5) is 0 Å². The molecule has 0 aromatic rings. The van der Waals surface area contributed by atoms with E-state index in [0.717, 1.165) is 52.7 Å². The second-order valence-corrected chi connectivity index (χ2v) is 11.6. The average Bonchev–Trinajstić information content (AvgIpc) is 4.01. The molecule has 0 aliphatic carbocycles. The number of ether oxygens (including phenoxy) is 3. The lowest BCUT2D eigenvalue weighted by Crippen LogP contribution is -2.30. The van der Waals surface area contributed by atoms with Gasteiger partial charge in [0, 0.05) is 39.5 Å². The van der Waals surface area contributed by atoms with Crippen molar-refractivity contribution in [3.05, 3.63) is 0 Å². The third-order valence-electron chi connectivity index (χ3n) is 5.86. The van der Waals surface area contributed by atoms with Crippen LogP contribution in [-0.4, -0.2) is 88.8 Å². The van der Waals surface area contributed by atoms with Gasteiger partial charge in [0.05, 0.1) is 13.2 Å². The summed E-state index contributed by atoms with van der Waals surface area (Å²) in [5, 5.41) is 6.44. The Morgan fingerprint density at radius 2 is 0.543 bits per heavy atom. The summed E-state index contributed by atoms with van der Waals surface area (Å²) in [7, 11) is 0. The topological polar surface area (TPSA) is 51.8 Å². The summed E-state index contributed by atoms with van der Waals surface area (Å²) in [4.78, 5) is 0. The van der Waals surface area contributed by atoms with Crippen LogP contribution in [0.5, 0.6) is 0 Å². The van der Waals surface area contributed by atoms with Crippen LogP contribution in [0.1, 0.15) is 167 Å². The van der Waals surface area contributed by atoms with Crippen molar-refractivity contribution in [3.63, 3.8) is 0 Å². The number of thioether (sulfide) groups is 2. The standard InChI is InChI=1S/C5H11N.C5H10O.C5H10S.C4H9NO.C4H8O.C4H8S.6C2H6/c3*1-2-4-6-5-3-1;1-3-6-4-2-5-1;2*1-2-4-5-3-1;6*1-2/h6H,1-5H2;2*1-5H2;5H,1-4H2;2*1-4H2;6*1-2H3. The Labute approximate surface area is 302 Å². The normalized spacial score (nSPS) is 18.5. The van der Waals surface area contributed by atoms with E-state index < -0.39 is 0 Å². The second kappa shape index (κ2) is 75.7. The third kappa shape index (κ3) is 70.7. The molecule has 288 valence electrons. The summed E-state index contributed by atoms with van der Waals surface area (Å²) < 4.78 is 15.0. The van der Waals surface area contributed by atoms with Gasteiger partial charge in [-0.25, -0.2) is 0 Å². The summed E-state index contributed by atoms with van der Waals surface area (Å²) in [6.07, 6.45) is 18.0. The van der Waals surface area contributed by atoms with E-state index in [1.165, 1.54) is 120 Å². The molecule has 0 bridgehead atoms. The number of piperidine rings is 1. The first kappa shape index (κ1) is 58.7. The lowest BCUT2D eigenvalue weighted by Gasteiger charge is -2.10. The monoisotopic (exact) mass is 701 g/mol. The Hall–Kier alpha value is 0.500.